The molecule has 70 heavy (non-hydrogen) atoms. The van der Waals surface area contributed by atoms with E-state index >= 15 is 0 Å². The molecule has 0 aromatic rings. The van der Waals surface area contributed by atoms with E-state index < -0.39 is 43.6 Å². The molecule has 0 aromatic carbocycles. The van der Waals surface area contributed by atoms with E-state index in [0.29, 0.717) is 19.3 Å². The fourth-order valence-electron chi connectivity index (χ4n) is 11.0. The Morgan fingerprint density at radius 1 is 0.429 bits per heavy atom. The third-order valence-electron chi connectivity index (χ3n) is 14.4. The van der Waals surface area contributed by atoms with Crippen LogP contribution in [0.2, 0.25) is 0 Å². The van der Waals surface area contributed by atoms with E-state index in [1.54, 1.807) is 0 Å². The highest BCUT2D eigenvalue weighted by molar-refractivity contribution is 5.96. The van der Waals surface area contributed by atoms with E-state index in [1.807, 2.05) is 59.8 Å². The molecule has 15 nitrogen and oxygen atoms in total. The van der Waals surface area contributed by atoms with Crippen LogP contribution in [-0.2, 0) is 28.6 Å². The van der Waals surface area contributed by atoms with E-state index in [0.717, 1.165) is 114 Å². The van der Waals surface area contributed by atoms with Crippen molar-refractivity contribution in [3.05, 3.63) is 67.2 Å². The molecule has 3 fully saturated rings. The van der Waals surface area contributed by atoms with Crippen molar-refractivity contribution in [2.24, 2.45) is 22.2 Å². The minimum absolute atomic E-state index is 0.270. The van der Waals surface area contributed by atoms with Gasteiger partial charge in [-0.05, 0) is 129 Å². The van der Waals surface area contributed by atoms with Crippen molar-refractivity contribution < 1.29 is 28.6 Å². The Balaban J connectivity index is 1.32. The first kappa shape index (κ1) is 52.6. The van der Waals surface area contributed by atoms with Gasteiger partial charge in [0.05, 0.1) is 22.6 Å². The Morgan fingerprint density at radius 3 is 0.886 bits per heavy atom. The number of rotatable bonds is 12. The first-order valence-corrected chi connectivity index (χ1v) is 25.0. The summed E-state index contributed by atoms with van der Waals surface area (Å²) >= 11 is 0. The van der Waals surface area contributed by atoms with Crippen LogP contribution in [0, 0.1) is 90.1 Å². The minimum Gasteiger partial charge on any atom is -0.461 e. The second-order valence-electron chi connectivity index (χ2n) is 22.1. The lowest BCUT2D eigenvalue weighted by molar-refractivity contribution is -0.148. The normalized spacial score (nSPS) is 23.4. The van der Waals surface area contributed by atoms with Gasteiger partial charge in [0.1, 0.15) is 73.0 Å². The predicted octanol–water partition coefficient (Wildman–Crippen LogP) is 8.94. The summed E-state index contributed by atoms with van der Waals surface area (Å²) in [7, 11) is 0. The van der Waals surface area contributed by atoms with Crippen LogP contribution in [0.15, 0.2) is 67.2 Å². The number of likely N-dealkylation sites (tertiary alicyclic amines) is 3. The summed E-state index contributed by atoms with van der Waals surface area (Å²) in [5.74, 6) is -4.12. The molecule has 3 saturated heterocycles. The van der Waals surface area contributed by atoms with Gasteiger partial charge in [0.25, 0.3) is 0 Å². The van der Waals surface area contributed by atoms with Gasteiger partial charge >= 0.3 is 17.9 Å². The van der Waals surface area contributed by atoms with E-state index in [-0.39, 0.29) is 85.7 Å². The van der Waals surface area contributed by atoms with E-state index in [1.165, 1.54) is 0 Å². The number of hydrogen-bond acceptors (Lipinski definition) is 15. The molecule has 368 valence electrons. The maximum atomic E-state index is 14.1. The third-order valence-corrected chi connectivity index (χ3v) is 14.4. The fourth-order valence-corrected chi connectivity index (χ4v) is 11.0. The SMILES string of the molecule is CC1(C)CC(N2CCCCC2)=C(C#N)/C(=C(\C#N)C(=O)OCC(COC(=O)/C(C#N)=C2\CC(C)(C)CC(N3CCCCC3)=C2C#N)COC(=O)/C(C#N)=C2\CC(C)(C)CC(N3CCCCC3)=C2C#N)C1. The molecule has 0 N–H and O–H groups in total. The quantitative estimate of drug-likeness (QED) is 0.0769. The van der Waals surface area contributed by atoms with Gasteiger partial charge in [-0.1, -0.05) is 41.5 Å². The molecule has 3 aliphatic carbocycles. The molecular formula is C55H67N9O6. The van der Waals surface area contributed by atoms with E-state index in [9.17, 15) is 46.0 Å². The number of nitrogens with zero attached hydrogens (tertiary/aromatic N) is 9. The lowest BCUT2D eigenvalue weighted by Crippen LogP contribution is -2.35. The van der Waals surface area contributed by atoms with Crippen molar-refractivity contribution >= 4 is 17.9 Å². The molecule has 0 spiro atoms. The number of hydrogen-bond donors (Lipinski definition) is 0. The van der Waals surface area contributed by atoms with Crippen molar-refractivity contribution in [1.82, 2.24) is 14.7 Å². The van der Waals surface area contributed by atoms with Gasteiger partial charge in [-0.2, -0.15) is 31.6 Å². The van der Waals surface area contributed by atoms with Crippen LogP contribution in [0.3, 0.4) is 0 Å². The molecule has 0 aromatic heterocycles. The zero-order valence-corrected chi connectivity index (χ0v) is 42.0. The lowest BCUT2D eigenvalue weighted by atomic mass is 9.72. The van der Waals surface area contributed by atoms with Crippen LogP contribution in [0.25, 0.3) is 0 Å². The summed E-state index contributed by atoms with van der Waals surface area (Å²) in [5.41, 5.74) is 1.95. The Bertz CT molecular complexity index is 2280. The third kappa shape index (κ3) is 12.3. The van der Waals surface area contributed by atoms with Crippen LogP contribution in [-0.4, -0.2) is 91.7 Å². The van der Waals surface area contributed by atoms with Crippen molar-refractivity contribution in [3.63, 3.8) is 0 Å². The molecule has 15 heteroatoms. The van der Waals surface area contributed by atoms with E-state index in [4.69, 9.17) is 14.2 Å². The Labute approximate surface area is 414 Å². The van der Waals surface area contributed by atoms with Crippen molar-refractivity contribution in [2.45, 2.75) is 138 Å². The average Bonchev–Trinajstić information content (AvgIpc) is 3.34. The minimum atomic E-state index is -1.08. The molecule has 0 bridgehead atoms. The van der Waals surface area contributed by atoms with Gasteiger partial charge in [-0.25, -0.2) is 14.4 Å². The molecule has 0 saturated carbocycles. The number of carbonyl (C=O) groups excluding carboxylic acids is 3. The summed E-state index contributed by atoms with van der Waals surface area (Å²) in [4.78, 5) is 48.7. The molecule has 6 aliphatic rings. The van der Waals surface area contributed by atoms with Crippen LogP contribution >= 0.6 is 0 Å². The summed E-state index contributed by atoms with van der Waals surface area (Å²) in [5, 5.41) is 63.0. The van der Waals surface area contributed by atoms with Gasteiger partial charge in [0.2, 0.25) is 0 Å². The fraction of sp³-hybridized carbons (Fsp3) is 0.618. The number of ether oxygens (including phenoxy) is 3. The standard InChI is InChI=1S/C55H67N9O6/c1-53(2)22-38(41(28-56)47(25-53)62-16-10-7-11-17-62)44(31-59)50(65)68-34-37(35-69-51(66)45(32-60)39-23-54(3,4)26-48(42(39)29-57)63-18-12-8-13-19-63)36-70-52(67)46(33-61)40-24-55(5,6)27-49(43(40)30-58)64-20-14-9-15-21-64/h37H,7-27,34-36H2,1-6H3/b44-38+,45-39+,46-40+. The van der Waals surface area contributed by atoms with E-state index in [2.05, 4.69) is 32.9 Å². The Kier molecular flexibility index (Phi) is 17.1. The second kappa shape index (κ2) is 22.7. The Hall–Kier alpha value is -6.81. The first-order chi connectivity index (χ1) is 33.4. The summed E-state index contributed by atoms with van der Waals surface area (Å²) in [6.07, 6.45) is 11.6. The molecule has 0 atom stereocenters. The maximum Gasteiger partial charge on any atom is 0.349 e. The summed E-state index contributed by atoms with van der Waals surface area (Å²) in [6, 6.07) is 12.9. The summed E-state index contributed by atoms with van der Waals surface area (Å²) < 4.78 is 17.4. The van der Waals surface area contributed by atoms with Crippen LogP contribution in [0.1, 0.15) is 138 Å². The Morgan fingerprint density at radius 2 is 0.671 bits per heavy atom. The highest BCUT2D eigenvalue weighted by Gasteiger charge is 2.40. The molecule has 0 radical (unpaired) electrons. The molecule has 0 unspecified atom stereocenters. The zero-order chi connectivity index (χ0) is 50.8. The number of nitriles is 6. The van der Waals surface area contributed by atoms with Gasteiger partial charge in [-0.15, -0.1) is 0 Å². The molecule has 0 amide bonds. The van der Waals surface area contributed by atoms with Gasteiger partial charge < -0.3 is 28.9 Å². The highest BCUT2D eigenvalue weighted by atomic mass is 16.6. The number of esters is 3. The van der Waals surface area contributed by atoms with Crippen LogP contribution < -0.4 is 0 Å². The zero-order valence-electron chi connectivity index (χ0n) is 42.0. The topological polar surface area (TPSA) is 231 Å². The predicted molar refractivity (Wildman–Crippen MR) is 258 cm³/mol. The van der Waals surface area contributed by atoms with Crippen molar-refractivity contribution in [3.8, 4) is 36.4 Å². The largest absolute Gasteiger partial charge is 0.461 e. The van der Waals surface area contributed by atoms with Crippen molar-refractivity contribution in [2.75, 3.05) is 59.1 Å². The highest BCUT2D eigenvalue weighted by Crippen LogP contribution is 2.47. The molecule has 3 aliphatic heterocycles. The smallest absolute Gasteiger partial charge is 0.349 e. The van der Waals surface area contributed by atoms with Crippen LogP contribution in [0.4, 0.5) is 0 Å². The number of carbonyl (C=O) groups is 3. The maximum absolute atomic E-state index is 14.1. The molecular weight excluding hydrogens is 883 g/mol. The van der Waals surface area contributed by atoms with Gasteiger partial charge in [-0.3, -0.25) is 0 Å². The van der Waals surface area contributed by atoms with Crippen LogP contribution in [0.5, 0.6) is 0 Å². The number of piperidine rings is 3. The summed E-state index contributed by atoms with van der Waals surface area (Å²) in [6.45, 7) is 15.1. The first-order valence-electron chi connectivity index (χ1n) is 25.0. The average molecular weight is 950 g/mol. The molecule has 6 rings (SSSR count). The molecule has 3 heterocycles. The van der Waals surface area contributed by atoms with Gasteiger partial charge in [0.15, 0.2) is 0 Å². The second-order valence-corrected chi connectivity index (χ2v) is 22.1. The van der Waals surface area contributed by atoms with Crippen molar-refractivity contribution in [1.29, 1.82) is 31.6 Å². The monoisotopic (exact) mass is 950 g/mol. The lowest BCUT2D eigenvalue weighted by Gasteiger charge is -2.40. The van der Waals surface area contributed by atoms with Gasteiger partial charge in [0, 0.05) is 56.4 Å². The number of allylic oxidation sites excluding steroid dienone is 9.